The summed E-state index contributed by atoms with van der Waals surface area (Å²) in [4.78, 5) is 14.5. The van der Waals surface area contributed by atoms with Gasteiger partial charge in [-0.15, -0.1) is 0 Å². The van der Waals surface area contributed by atoms with Crippen LogP contribution in [0.25, 0.3) is 10.9 Å². The highest BCUT2D eigenvalue weighted by Gasteiger charge is 2.16. The third kappa shape index (κ3) is 1.44. The molecule has 0 fully saturated rings. The van der Waals surface area contributed by atoms with Gasteiger partial charge in [-0.05, 0) is 19.1 Å². The normalized spacial score (nSPS) is 10.5. The lowest BCUT2D eigenvalue weighted by Crippen LogP contribution is -2.01. The van der Waals surface area contributed by atoms with Crippen LogP contribution in [0.1, 0.15) is 16.1 Å². The number of phenols is 1. The summed E-state index contributed by atoms with van der Waals surface area (Å²) in [6.45, 7) is 1.79. The Kier molecular flexibility index (Phi) is 2.11. The van der Waals surface area contributed by atoms with Crippen molar-refractivity contribution < 1.29 is 14.6 Å². The molecular weight excluding hydrogens is 194 g/mol. The number of carbonyl (C=O) groups excluding carboxylic acids is 1. The van der Waals surface area contributed by atoms with E-state index in [1.54, 1.807) is 25.1 Å². The minimum absolute atomic E-state index is 0.167. The van der Waals surface area contributed by atoms with Crippen LogP contribution in [0.3, 0.4) is 0 Å². The zero-order valence-electron chi connectivity index (χ0n) is 8.50. The molecule has 0 aliphatic carbocycles. The predicted octanol–water partition coefficient (Wildman–Crippen LogP) is 1.97. The molecule has 0 aliphatic heterocycles. The van der Waals surface area contributed by atoms with Gasteiger partial charge in [0, 0.05) is 17.1 Å². The van der Waals surface area contributed by atoms with Gasteiger partial charge in [0.2, 0.25) is 0 Å². The van der Waals surface area contributed by atoms with Crippen LogP contribution in [-0.2, 0) is 4.74 Å². The molecule has 0 saturated heterocycles. The van der Waals surface area contributed by atoms with Crippen molar-refractivity contribution in [3.63, 3.8) is 0 Å². The van der Waals surface area contributed by atoms with E-state index >= 15 is 0 Å². The van der Waals surface area contributed by atoms with Gasteiger partial charge in [0.05, 0.1) is 18.2 Å². The molecular formula is C11H11NO3. The smallest absolute Gasteiger partial charge is 0.340 e. The number of methoxy groups -OCH3 is 1. The molecule has 2 aromatic rings. The molecule has 4 nitrogen and oxygen atoms in total. The van der Waals surface area contributed by atoms with E-state index in [-0.39, 0.29) is 11.7 Å². The fraction of sp³-hybridized carbons (Fsp3) is 0.182. The van der Waals surface area contributed by atoms with Crippen molar-refractivity contribution in [3.8, 4) is 5.75 Å². The lowest BCUT2D eigenvalue weighted by Gasteiger charge is -1.98. The molecule has 2 N–H and O–H groups in total. The molecule has 1 heterocycles. The van der Waals surface area contributed by atoms with E-state index in [0.717, 1.165) is 16.6 Å². The van der Waals surface area contributed by atoms with Crippen LogP contribution in [0.2, 0.25) is 0 Å². The minimum Gasteiger partial charge on any atom is -0.508 e. The summed E-state index contributed by atoms with van der Waals surface area (Å²) < 4.78 is 4.69. The summed E-state index contributed by atoms with van der Waals surface area (Å²) >= 11 is 0. The monoisotopic (exact) mass is 205 g/mol. The van der Waals surface area contributed by atoms with E-state index in [4.69, 9.17) is 4.74 Å². The lowest BCUT2D eigenvalue weighted by molar-refractivity contribution is 0.0602. The van der Waals surface area contributed by atoms with E-state index in [2.05, 4.69) is 4.98 Å². The van der Waals surface area contributed by atoms with E-state index in [9.17, 15) is 9.90 Å². The Morgan fingerprint density at radius 2 is 2.20 bits per heavy atom. The first-order chi connectivity index (χ1) is 7.13. The fourth-order valence-electron chi connectivity index (χ4n) is 1.69. The number of hydrogen-bond donors (Lipinski definition) is 2. The molecule has 1 aromatic carbocycles. The topological polar surface area (TPSA) is 62.3 Å². The van der Waals surface area contributed by atoms with Gasteiger partial charge in [0.15, 0.2) is 0 Å². The largest absolute Gasteiger partial charge is 0.508 e. The number of phenolic OH excluding ortho intramolecular Hbond substituents is 1. The molecule has 0 radical (unpaired) electrons. The average Bonchev–Trinajstić information content (AvgIpc) is 2.52. The minimum atomic E-state index is -0.371. The third-order valence-corrected chi connectivity index (χ3v) is 2.36. The Morgan fingerprint density at radius 3 is 2.87 bits per heavy atom. The number of benzene rings is 1. The molecule has 0 saturated carbocycles. The Labute approximate surface area is 86.5 Å². The zero-order valence-corrected chi connectivity index (χ0v) is 8.50. The van der Waals surface area contributed by atoms with Crippen LogP contribution < -0.4 is 0 Å². The number of hydrogen-bond acceptors (Lipinski definition) is 3. The predicted molar refractivity (Wildman–Crippen MR) is 56.0 cm³/mol. The van der Waals surface area contributed by atoms with Crippen LogP contribution >= 0.6 is 0 Å². The molecule has 0 spiro atoms. The maximum absolute atomic E-state index is 11.5. The first-order valence-corrected chi connectivity index (χ1v) is 4.53. The second-order valence-corrected chi connectivity index (χ2v) is 3.35. The van der Waals surface area contributed by atoms with Crippen molar-refractivity contribution >= 4 is 16.9 Å². The number of aromatic nitrogens is 1. The van der Waals surface area contributed by atoms with Gasteiger partial charge in [-0.25, -0.2) is 4.79 Å². The number of rotatable bonds is 1. The number of ether oxygens (including phenoxy) is 1. The molecule has 78 valence electrons. The maximum atomic E-state index is 11.5. The van der Waals surface area contributed by atoms with E-state index in [1.807, 2.05) is 0 Å². The summed E-state index contributed by atoms with van der Waals surface area (Å²) in [7, 11) is 1.35. The number of aromatic hydroxyl groups is 1. The van der Waals surface area contributed by atoms with Crippen molar-refractivity contribution in [2.45, 2.75) is 6.92 Å². The Hall–Kier alpha value is -1.97. The lowest BCUT2D eigenvalue weighted by atomic mass is 10.1. The van der Waals surface area contributed by atoms with E-state index in [0.29, 0.717) is 5.56 Å². The molecule has 0 bridgehead atoms. The van der Waals surface area contributed by atoms with Crippen LogP contribution in [0, 0.1) is 6.92 Å². The SMILES string of the molecule is COC(=O)c1c(C)[nH]c2cc(O)ccc12. The van der Waals surface area contributed by atoms with Gasteiger partial charge in [-0.2, -0.15) is 0 Å². The molecule has 0 amide bonds. The van der Waals surface area contributed by atoms with Gasteiger partial charge >= 0.3 is 5.97 Å². The van der Waals surface area contributed by atoms with Gasteiger partial charge < -0.3 is 14.8 Å². The molecule has 0 atom stereocenters. The van der Waals surface area contributed by atoms with Crippen molar-refractivity contribution in [1.82, 2.24) is 4.98 Å². The number of carbonyl (C=O) groups is 1. The van der Waals surface area contributed by atoms with E-state index < -0.39 is 0 Å². The van der Waals surface area contributed by atoms with Gasteiger partial charge in [0.25, 0.3) is 0 Å². The Bertz CT molecular complexity index is 528. The van der Waals surface area contributed by atoms with E-state index in [1.165, 1.54) is 7.11 Å². The zero-order chi connectivity index (χ0) is 11.0. The summed E-state index contributed by atoms with van der Waals surface area (Å²) in [5.74, 6) is -0.204. The number of fused-ring (bicyclic) bond motifs is 1. The van der Waals surface area contributed by atoms with Gasteiger partial charge in [-0.3, -0.25) is 0 Å². The summed E-state index contributed by atoms with van der Waals surface area (Å²) in [6, 6.07) is 4.82. The fourth-order valence-corrected chi connectivity index (χ4v) is 1.69. The van der Waals surface area contributed by atoms with Crippen molar-refractivity contribution in [2.75, 3.05) is 7.11 Å². The second-order valence-electron chi connectivity index (χ2n) is 3.35. The number of aryl methyl sites for hydroxylation is 1. The number of nitrogens with one attached hydrogen (secondary N) is 1. The molecule has 4 heteroatoms. The van der Waals surface area contributed by atoms with Crippen LogP contribution in [-0.4, -0.2) is 23.2 Å². The van der Waals surface area contributed by atoms with Gasteiger partial charge in [0.1, 0.15) is 5.75 Å². The molecule has 15 heavy (non-hydrogen) atoms. The first kappa shape index (κ1) is 9.58. The van der Waals surface area contributed by atoms with Gasteiger partial charge in [-0.1, -0.05) is 0 Å². The standard InChI is InChI=1S/C11H11NO3/c1-6-10(11(14)15-2)8-4-3-7(13)5-9(8)12-6/h3-5,12-13H,1-2H3. The molecule has 0 unspecified atom stereocenters. The Morgan fingerprint density at radius 1 is 1.47 bits per heavy atom. The van der Waals surface area contributed by atoms with Crippen molar-refractivity contribution in [3.05, 3.63) is 29.5 Å². The quantitative estimate of drug-likeness (QED) is 0.699. The summed E-state index contributed by atoms with van der Waals surface area (Å²) in [6.07, 6.45) is 0. The number of esters is 1. The second kappa shape index (κ2) is 3.31. The average molecular weight is 205 g/mol. The van der Waals surface area contributed by atoms with Crippen molar-refractivity contribution in [1.29, 1.82) is 0 Å². The maximum Gasteiger partial charge on any atom is 0.340 e. The highest BCUT2D eigenvalue weighted by atomic mass is 16.5. The molecule has 1 aromatic heterocycles. The summed E-state index contributed by atoms with van der Waals surface area (Å²) in [5.41, 5.74) is 1.99. The molecule has 2 rings (SSSR count). The highest BCUT2D eigenvalue weighted by molar-refractivity contribution is 6.05. The highest BCUT2D eigenvalue weighted by Crippen LogP contribution is 2.25. The van der Waals surface area contributed by atoms with Crippen molar-refractivity contribution in [2.24, 2.45) is 0 Å². The Balaban J connectivity index is 2.73. The first-order valence-electron chi connectivity index (χ1n) is 4.53. The number of H-pyrrole nitrogens is 1. The summed E-state index contributed by atoms with van der Waals surface area (Å²) in [5, 5.41) is 10.1. The third-order valence-electron chi connectivity index (χ3n) is 2.36. The van der Waals surface area contributed by atoms with Crippen LogP contribution in [0.5, 0.6) is 5.75 Å². The molecule has 0 aliphatic rings. The number of aromatic amines is 1. The van der Waals surface area contributed by atoms with Crippen LogP contribution in [0.4, 0.5) is 0 Å². The van der Waals surface area contributed by atoms with Crippen LogP contribution in [0.15, 0.2) is 18.2 Å².